The van der Waals surface area contributed by atoms with E-state index in [2.05, 4.69) is 4.74 Å². The summed E-state index contributed by atoms with van der Waals surface area (Å²) < 4.78 is 33.6. The third-order valence-electron chi connectivity index (χ3n) is 1.53. The molecule has 0 aromatic heterocycles. The summed E-state index contributed by atoms with van der Waals surface area (Å²) in [6.45, 7) is 2.65. The molecular weight excluding hydrogens is 142 g/mol. The van der Waals surface area contributed by atoms with E-state index < -0.39 is 18.8 Å². The number of halogens is 2. The van der Waals surface area contributed by atoms with Crippen LogP contribution in [0.1, 0.15) is 13.8 Å². The Kier molecular flexibility index (Phi) is 1.92. The van der Waals surface area contributed by atoms with Crippen molar-refractivity contribution < 1.29 is 18.3 Å². The molecule has 1 rings (SSSR count). The number of rotatable bonds is 0. The molecule has 1 aliphatic rings. The molecule has 60 valence electrons. The van der Waals surface area contributed by atoms with Crippen molar-refractivity contribution in [2.24, 2.45) is 0 Å². The highest BCUT2D eigenvalue weighted by Crippen LogP contribution is 2.25. The van der Waals surface area contributed by atoms with Crippen molar-refractivity contribution in [3.63, 3.8) is 0 Å². The molecule has 0 aromatic rings. The molecule has 2 nitrogen and oxygen atoms in total. The first-order chi connectivity index (χ1) is 4.51. The van der Waals surface area contributed by atoms with E-state index >= 15 is 0 Å². The van der Waals surface area contributed by atoms with E-state index in [9.17, 15) is 8.78 Å². The fourth-order valence-corrected chi connectivity index (χ4v) is 0.766. The van der Waals surface area contributed by atoms with Gasteiger partial charge in [-0.1, -0.05) is 0 Å². The van der Waals surface area contributed by atoms with Crippen molar-refractivity contribution in [1.29, 1.82) is 0 Å². The normalized spacial score (nSPS) is 39.6. The summed E-state index contributed by atoms with van der Waals surface area (Å²) in [5.74, 6) is 0. The first-order valence-electron chi connectivity index (χ1n) is 3.18. The highest BCUT2D eigenvalue weighted by molar-refractivity contribution is 4.69. The lowest BCUT2D eigenvalue weighted by molar-refractivity contribution is -0.336. The van der Waals surface area contributed by atoms with Crippen LogP contribution in [0.5, 0.6) is 0 Å². The predicted octanol–water partition coefficient (Wildman–Crippen LogP) is 1.40. The summed E-state index contributed by atoms with van der Waals surface area (Å²) in [4.78, 5) is 0. The topological polar surface area (TPSA) is 18.5 Å². The van der Waals surface area contributed by atoms with E-state index in [1.165, 1.54) is 0 Å². The fourth-order valence-electron chi connectivity index (χ4n) is 0.766. The standard InChI is InChI=1S/C6H10F2O2/c1-4-5(2)10-6(7,8)3-9-4/h4-5H,3H2,1-2H3. The van der Waals surface area contributed by atoms with Crippen molar-refractivity contribution in [2.45, 2.75) is 32.2 Å². The van der Waals surface area contributed by atoms with Crippen molar-refractivity contribution >= 4 is 0 Å². The molecule has 10 heavy (non-hydrogen) atoms. The highest BCUT2D eigenvalue weighted by Gasteiger charge is 2.39. The Balaban J connectivity index is 2.49. The number of ether oxygens (including phenoxy) is 2. The van der Waals surface area contributed by atoms with Gasteiger partial charge in [-0.25, -0.2) is 0 Å². The second-order valence-corrected chi connectivity index (χ2v) is 2.48. The maximum absolute atomic E-state index is 12.3. The van der Waals surface area contributed by atoms with Crippen LogP contribution < -0.4 is 0 Å². The summed E-state index contributed by atoms with van der Waals surface area (Å²) in [6, 6.07) is 0. The Morgan fingerprint density at radius 1 is 1.30 bits per heavy atom. The average molecular weight is 152 g/mol. The molecule has 0 bridgehead atoms. The van der Waals surface area contributed by atoms with Crippen molar-refractivity contribution in [3.05, 3.63) is 0 Å². The Labute approximate surface area is 58.1 Å². The molecule has 0 radical (unpaired) electrons. The van der Waals surface area contributed by atoms with Crippen LogP contribution in [-0.2, 0) is 9.47 Å². The van der Waals surface area contributed by atoms with Gasteiger partial charge in [-0.2, -0.15) is 8.78 Å². The second-order valence-electron chi connectivity index (χ2n) is 2.48. The van der Waals surface area contributed by atoms with Crippen molar-refractivity contribution in [2.75, 3.05) is 6.61 Å². The maximum atomic E-state index is 12.3. The summed E-state index contributed by atoms with van der Waals surface area (Å²) in [6.07, 6.45) is -3.85. The molecule has 2 atom stereocenters. The molecule has 1 aliphatic heterocycles. The minimum Gasteiger partial charge on any atom is -0.367 e. The van der Waals surface area contributed by atoms with Gasteiger partial charge in [-0.15, -0.1) is 0 Å². The summed E-state index contributed by atoms with van der Waals surface area (Å²) in [7, 11) is 0. The summed E-state index contributed by atoms with van der Waals surface area (Å²) in [5, 5.41) is 0. The van der Waals surface area contributed by atoms with Gasteiger partial charge < -0.3 is 9.47 Å². The zero-order valence-corrected chi connectivity index (χ0v) is 5.93. The zero-order valence-electron chi connectivity index (χ0n) is 5.93. The number of hydrogen-bond donors (Lipinski definition) is 0. The second kappa shape index (κ2) is 2.43. The molecule has 0 aliphatic carbocycles. The molecule has 1 fully saturated rings. The van der Waals surface area contributed by atoms with Crippen molar-refractivity contribution in [1.82, 2.24) is 0 Å². The molecule has 4 heteroatoms. The SMILES string of the molecule is CC1OCC(F)(F)OC1C. The fraction of sp³-hybridized carbons (Fsp3) is 1.00. The first kappa shape index (κ1) is 7.88. The maximum Gasteiger partial charge on any atom is 0.379 e. The summed E-state index contributed by atoms with van der Waals surface area (Å²) >= 11 is 0. The van der Waals surface area contributed by atoms with Gasteiger partial charge in [0.2, 0.25) is 0 Å². The van der Waals surface area contributed by atoms with Gasteiger partial charge in [0.25, 0.3) is 0 Å². The van der Waals surface area contributed by atoms with Crippen LogP contribution in [0.4, 0.5) is 8.78 Å². The molecule has 0 aromatic carbocycles. The molecule has 0 spiro atoms. The Morgan fingerprint density at radius 2 is 1.90 bits per heavy atom. The Hall–Kier alpha value is -0.220. The smallest absolute Gasteiger partial charge is 0.367 e. The van der Waals surface area contributed by atoms with E-state index in [1.54, 1.807) is 13.8 Å². The first-order valence-corrected chi connectivity index (χ1v) is 3.18. The lowest BCUT2D eigenvalue weighted by Gasteiger charge is -2.32. The molecule has 0 saturated carbocycles. The predicted molar refractivity (Wildman–Crippen MR) is 30.9 cm³/mol. The van der Waals surface area contributed by atoms with Crippen LogP contribution in [-0.4, -0.2) is 24.9 Å². The third-order valence-corrected chi connectivity index (χ3v) is 1.53. The molecular formula is C6H10F2O2. The van der Waals surface area contributed by atoms with Gasteiger partial charge in [0.1, 0.15) is 6.61 Å². The Morgan fingerprint density at radius 3 is 2.30 bits per heavy atom. The van der Waals surface area contributed by atoms with Crippen LogP contribution >= 0.6 is 0 Å². The monoisotopic (exact) mass is 152 g/mol. The number of hydrogen-bond acceptors (Lipinski definition) is 2. The summed E-state index contributed by atoms with van der Waals surface area (Å²) in [5.41, 5.74) is 0. The lowest BCUT2D eigenvalue weighted by atomic mass is 10.2. The van der Waals surface area contributed by atoms with Crippen LogP contribution in [0.2, 0.25) is 0 Å². The third kappa shape index (κ3) is 1.64. The van der Waals surface area contributed by atoms with Gasteiger partial charge in [-0.05, 0) is 13.8 Å². The van der Waals surface area contributed by atoms with E-state index in [0.29, 0.717) is 0 Å². The van der Waals surface area contributed by atoms with Gasteiger partial charge in [0.05, 0.1) is 12.2 Å². The van der Waals surface area contributed by atoms with Gasteiger partial charge in [-0.3, -0.25) is 0 Å². The van der Waals surface area contributed by atoms with E-state index in [4.69, 9.17) is 4.74 Å². The lowest BCUT2D eigenvalue weighted by Crippen LogP contribution is -2.44. The minimum atomic E-state index is -3.09. The van der Waals surface area contributed by atoms with Gasteiger partial charge in [0.15, 0.2) is 0 Å². The van der Waals surface area contributed by atoms with Crippen LogP contribution in [0.15, 0.2) is 0 Å². The van der Waals surface area contributed by atoms with E-state index in [-0.39, 0.29) is 6.10 Å². The molecule has 1 heterocycles. The average Bonchev–Trinajstić information content (AvgIpc) is 1.79. The van der Waals surface area contributed by atoms with Crippen LogP contribution in [0.3, 0.4) is 0 Å². The zero-order chi connectivity index (χ0) is 7.78. The minimum absolute atomic E-state index is 0.236. The molecule has 1 saturated heterocycles. The number of alkyl halides is 2. The van der Waals surface area contributed by atoms with Gasteiger partial charge in [0, 0.05) is 0 Å². The van der Waals surface area contributed by atoms with Crippen LogP contribution in [0.25, 0.3) is 0 Å². The van der Waals surface area contributed by atoms with Gasteiger partial charge >= 0.3 is 6.11 Å². The largest absolute Gasteiger partial charge is 0.379 e. The highest BCUT2D eigenvalue weighted by atomic mass is 19.3. The van der Waals surface area contributed by atoms with Crippen molar-refractivity contribution in [3.8, 4) is 0 Å². The molecule has 2 unspecified atom stereocenters. The molecule has 0 amide bonds. The molecule has 0 N–H and O–H groups in total. The van der Waals surface area contributed by atoms with Crippen LogP contribution in [0, 0.1) is 0 Å². The quantitative estimate of drug-likeness (QED) is 0.522. The Bertz CT molecular complexity index is 127. The van der Waals surface area contributed by atoms with E-state index in [0.717, 1.165) is 0 Å². The van der Waals surface area contributed by atoms with E-state index in [1.807, 2.05) is 0 Å².